The van der Waals surface area contributed by atoms with E-state index in [1.54, 1.807) is 31.2 Å². The fourth-order valence-corrected chi connectivity index (χ4v) is 3.22. The lowest BCUT2D eigenvalue weighted by Gasteiger charge is -2.28. The van der Waals surface area contributed by atoms with Crippen molar-refractivity contribution in [1.82, 2.24) is 10.2 Å². The standard InChI is InChI=1S/C19H25F3N2O4/c1-2-27-17(25)15-9-6-10-24(13-19(20,21)22)11-16(15)23-18(26)28-12-14-7-4-3-5-8-14/h3-5,7-8,15-16H,2,6,9-13H2,1H3,(H,23,26)/t15-,16-/m0/s1. The maximum atomic E-state index is 12.8. The van der Waals surface area contributed by atoms with E-state index in [0.717, 1.165) is 5.56 Å². The molecule has 2 atom stereocenters. The van der Waals surface area contributed by atoms with Gasteiger partial charge in [0.2, 0.25) is 0 Å². The minimum atomic E-state index is -4.36. The van der Waals surface area contributed by atoms with Crippen LogP contribution in [0.1, 0.15) is 25.3 Å². The topological polar surface area (TPSA) is 67.9 Å². The molecule has 1 fully saturated rings. The van der Waals surface area contributed by atoms with Crippen molar-refractivity contribution in [2.75, 3.05) is 26.2 Å². The van der Waals surface area contributed by atoms with E-state index in [2.05, 4.69) is 5.32 Å². The zero-order valence-electron chi connectivity index (χ0n) is 15.7. The SMILES string of the molecule is CCOC(=O)[C@H]1CCCN(CC(F)(F)F)C[C@@H]1NC(=O)OCc1ccccc1. The molecular formula is C19H25F3N2O4. The van der Waals surface area contributed by atoms with Gasteiger partial charge in [0, 0.05) is 6.54 Å². The van der Waals surface area contributed by atoms with Crippen molar-refractivity contribution in [2.24, 2.45) is 5.92 Å². The minimum Gasteiger partial charge on any atom is -0.466 e. The first-order chi connectivity index (χ1) is 13.3. The monoisotopic (exact) mass is 402 g/mol. The van der Waals surface area contributed by atoms with Crippen molar-refractivity contribution in [3.63, 3.8) is 0 Å². The molecule has 0 unspecified atom stereocenters. The second-order valence-corrected chi connectivity index (χ2v) is 6.66. The van der Waals surface area contributed by atoms with Crippen LogP contribution in [0.4, 0.5) is 18.0 Å². The molecule has 1 heterocycles. The van der Waals surface area contributed by atoms with Crippen LogP contribution < -0.4 is 5.32 Å². The van der Waals surface area contributed by atoms with Gasteiger partial charge in [-0.1, -0.05) is 30.3 Å². The first-order valence-corrected chi connectivity index (χ1v) is 9.21. The highest BCUT2D eigenvalue weighted by Crippen LogP contribution is 2.23. The molecule has 0 aliphatic carbocycles. The molecule has 0 spiro atoms. The van der Waals surface area contributed by atoms with Gasteiger partial charge in [-0.15, -0.1) is 0 Å². The molecule has 0 bridgehead atoms. The summed E-state index contributed by atoms with van der Waals surface area (Å²) in [7, 11) is 0. The molecule has 1 aromatic carbocycles. The molecule has 1 aliphatic rings. The largest absolute Gasteiger partial charge is 0.466 e. The number of hydrogen-bond acceptors (Lipinski definition) is 5. The van der Waals surface area contributed by atoms with Gasteiger partial charge in [-0.2, -0.15) is 13.2 Å². The molecule has 1 aromatic rings. The van der Waals surface area contributed by atoms with Crippen molar-refractivity contribution in [3.05, 3.63) is 35.9 Å². The Morgan fingerprint density at radius 2 is 1.93 bits per heavy atom. The molecule has 0 saturated carbocycles. The van der Waals surface area contributed by atoms with E-state index in [0.29, 0.717) is 12.8 Å². The number of nitrogens with one attached hydrogen (secondary N) is 1. The third kappa shape index (κ3) is 7.38. The van der Waals surface area contributed by atoms with E-state index >= 15 is 0 Å². The predicted octanol–water partition coefficient (Wildman–Crippen LogP) is 3.12. The van der Waals surface area contributed by atoms with Gasteiger partial charge in [0.15, 0.2) is 0 Å². The number of ether oxygens (including phenoxy) is 2. The second kappa shape index (κ2) is 10.3. The van der Waals surface area contributed by atoms with Gasteiger partial charge in [-0.3, -0.25) is 9.69 Å². The maximum absolute atomic E-state index is 12.8. The van der Waals surface area contributed by atoms with Crippen molar-refractivity contribution in [2.45, 2.75) is 38.6 Å². The number of carbonyl (C=O) groups excluding carboxylic acids is 2. The summed E-state index contributed by atoms with van der Waals surface area (Å²) in [6.45, 7) is 0.819. The fourth-order valence-electron chi connectivity index (χ4n) is 3.22. The molecule has 1 N–H and O–H groups in total. The van der Waals surface area contributed by atoms with E-state index in [4.69, 9.17) is 9.47 Å². The Bertz CT molecular complexity index is 640. The number of alkyl halides is 3. The molecule has 28 heavy (non-hydrogen) atoms. The third-order valence-corrected chi connectivity index (χ3v) is 4.44. The number of nitrogens with zero attached hydrogens (tertiary/aromatic N) is 1. The summed E-state index contributed by atoms with van der Waals surface area (Å²) >= 11 is 0. The van der Waals surface area contributed by atoms with Gasteiger partial charge >= 0.3 is 18.2 Å². The number of amides is 1. The van der Waals surface area contributed by atoms with Crippen LogP contribution in [0.2, 0.25) is 0 Å². The van der Waals surface area contributed by atoms with Crippen LogP contribution >= 0.6 is 0 Å². The Hall–Kier alpha value is -2.29. The summed E-state index contributed by atoms with van der Waals surface area (Å²) in [5, 5.41) is 2.56. The molecule has 0 radical (unpaired) electrons. The van der Waals surface area contributed by atoms with Crippen molar-refractivity contribution >= 4 is 12.1 Å². The van der Waals surface area contributed by atoms with Crippen LogP contribution in [0.3, 0.4) is 0 Å². The summed E-state index contributed by atoms with van der Waals surface area (Å²) in [6.07, 6.45) is -4.41. The zero-order chi connectivity index (χ0) is 20.6. The summed E-state index contributed by atoms with van der Waals surface area (Å²) in [6, 6.07) is 8.17. The van der Waals surface area contributed by atoms with Gasteiger partial charge < -0.3 is 14.8 Å². The number of alkyl carbamates (subject to hydrolysis) is 1. The average molecular weight is 402 g/mol. The molecule has 1 aliphatic heterocycles. The van der Waals surface area contributed by atoms with Crippen molar-refractivity contribution < 1.29 is 32.2 Å². The van der Waals surface area contributed by atoms with Crippen LogP contribution in [-0.2, 0) is 20.9 Å². The molecule has 9 heteroatoms. The second-order valence-electron chi connectivity index (χ2n) is 6.66. The summed E-state index contributed by atoms with van der Waals surface area (Å²) in [5.74, 6) is -1.24. The minimum absolute atomic E-state index is 0.0235. The zero-order valence-corrected chi connectivity index (χ0v) is 15.7. The highest BCUT2D eigenvalue weighted by molar-refractivity contribution is 5.75. The number of esters is 1. The Morgan fingerprint density at radius 1 is 1.21 bits per heavy atom. The molecule has 0 aromatic heterocycles. The van der Waals surface area contributed by atoms with E-state index < -0.39 is 36.7 Å². The summed E-state index contributed by atoms with van der Waals surface area (Å²) in [4.78, 5) is 25.6. The fraction of sp³-hybridized carbons (Fsp3) is 0.579. The quantitative estimate of drug-likeness (QED) is 0.741. The smallest absolute Gasteiger partial charge is 0.407 e. The maximum Gasteiger partial charge on any atom is 0.407 e. The molecule has 1 saturated heterocycles. The van der Waals surface area contributed by atoms with Crippen LogP contribution in [0.25, 0.3) is 0 Å². The average Bonchev–Trinajstić information content (AvgIpc) is 2.81. The van der Waals surface area contributed by atoms with Crippen LogP contribution in [0.15, 0.2) is 30.3 Å². The van der Waals surface area contributed by atoms with E-state index in [1.165, 1.54) is 4.90 Å². The normalized spacial score (nSPS) is 20.9. The van der Waals surface area contributed by atoms with Crippen LogP contribution in [-0.4, -0.2) is 55.4 Å². The van der Waals surface area contributed by atoms with E-state index in [-0.39, 0.29) is 26.3 Å². The number of likely N-dealkylation sites (tertiary alicyclic amines) is 1. The van der Waals surface area contributed by atoms with E-state index in [9.17, 15) is 22.8 Å². The van der Waals surface area contributed by atoms with Crippen LogP contribution in [0.5, 0.6) is 0 Å². The lowest BCUT2D eigenvalue weighted by Crippen LogP contribution is -2.50. The Balaban J connectivity index is 2.03. The van der Waals surface area contributed by atoms with Gasteiger partial charge in [-0.05, 0) is 31.9 Å². The molecule has 2 rings (SSSR count). The highest BCUT2D eigenvalue weighted by atomic mass is 19.4. The first-order valence-electron chi connectivity index (χ1n) is 9.21. The van der Waals surface area contributed by atoms with E-state index in [1.807, 2.05) is 6.07 Å². The molecule has 6 nitrogen and oxygen atoms in total. The Labute approximate surface area is 162 Å². The number of carbonyl (C=O) groups is 2. The molecule has 156 valence electrons. The Morgan fingerprint density at radius 3 is 2.57 bits per heavy atom. The van der Waals surface area contributed by atoms with Crippen LogP contribution in [0, 0.1) is 5.92 Å². The van der Waals surface area contributed by atoms with Gasteiger partial charge in [0.1, 0.15) is 6.61 Å². The third-order valence-electron chi connectivity index (χ3n) is 4.44. The number of hydrogen-bond donors (Lipinski definition) is 1. The molecule has 1 amide bonds. The summed E-state index contributed by atoms with van der Waals surface area (Å²) in [5.41, 5.74) is 0.777. The summed E-state index contributed by atoms with van der Waals surface area (Å²) < 4.78 is 48.6. The van der Waals surface area contributed by atoms with Gasteiger partial charge in [0.25, 0.3) is 0 Å². The number of halogens is 3. The number of benzene rings is 1. The highest BCUT2D eigenvalue weighted by Gasteiger charge is 2.38. The first kappa shape index (κ1) is 22.0. The van der Waals surface area contributed by atoms with Crippen molar-refractivity contribution in [1.29, 1.82) is 0 Å². The Kier molecular flexibility index (Phi) is 8.10. The van der Waals surface area contributed by atoms with Crippen molar-refractivity contribution in [3.8, 4) is 0 Å². The lowest BCUT2D eigenvalue weighted by atomic mass is 9.96. The van der Waals surface area contributed by atoms with Gasteiger partial charge in [-0.25, -0.2) is 4.79 Å². The molecular weight excluding hydrogens is 377 g/mol. The lowest BCUT2D eigenvalue weighted by molar-refractivity contribution is -0.150. The predicted molar refractivity (Wildman–Crippen MR) is 95.4 cm³/mol. The number of rotatable bonds is 6. The van der Waals surface area contributed by atoms with Gasteiger partial charge in [0.05, 0.1) is 25.1 Å².